The topological polar surface area (TPSA) is 155 Å². The normalized spacial score (nSPS) is 13.5. The number of nitrogens with zero attached hydrogens (tertiary/aromatic N) is 4. The Hall–Kier alpha value is -1.28. The average Bonchev–Trinajstić information content (AvgIpc) is 3.15. The molecular weight excluding hydrogens is 923 g/mol. The minimum absolute atomic E-state index is 0.194. The number of ether oxygens (including phenoxy) is 8. The zero-order valence-electron chi connectivity index (χ0n) is 38.8. The third kappa shape index (κ3) is 40.7. The van der Waals surface area contributed by atoms with Crippen molar-refractivity contribution in [2.45, 2.75) is 56.6 Å². The van der Waals surface area contributed by atoms with Gasteiger partial charge in [0.2, 0.25) is 20.0 Å². The second-order valence-corrected chi connectivity index (χ2v) is 17.3. The molecule has 0 aromatic rings. The molecule has 2 unspecified atom stereocenters. The number of rotatable bonds is 29. The Bertz CT molecular complexity index is 1160. The lowest BCUT2D eigenvalue weighted by molar-refractivity contribution is -0.343. The molecule has 0 aliphatic rings. The molecule has 2 atom stereocenters. The number of sulfonamides is 2. The number of likely N-dealkylation sites (N-methyl/N-ethyl adjacent to an activating group) is 1. The Morgan fingerprint density at radius 2 is 0.810 bits per heavy atom. The molecule has 16 nitrogen and oxygen atoms in total. The summed E-state index contributed by atoms with van der Waals surface area (Å²) in [5.74, 6) is 0. The van der Waals surface area contributed by atoms with Crippen LogP contribution in [0.15, 0.2) is 0 Å². The maximum absolute atomic E-state index is 13.6. The van der Waals surface area contributed by atoms with Crippen molar-refractivity contribution in [2.75, 3.05) is 176 Å². The zero-order valence-corrected chi connectivity index (χ0v) is 40.5. The van der Waals surface area contributed by atoms with E-state index < -0.39 is 63.6 Å². The van der Waals surface area contributed by atoms with Crippen LogP contribution in [0.3, 0.4) is 0 Å². The Kier molecular flexibility index (Phi) is 44.7. The van der Waals surface area contributed by atoms with E-state index in [0.717, 1.165) is 6.54 Å². The second-order valence-electron chi connectivity index (χ2n) is 13.3. The van der Waals surface area contributed by atoms with Gasteiger partial charge in [0.1, 0.15) is 0 Å². The zero-order chi connectivity index (χ0) is 50.5. The van der Waals surface area contributed by atoms with Gasteiger partial charge in [-0.3, -0.25) is 4.90 Å². The third-order valence-electron chi connectivity index (χ3n) is 7.97. The number of halogens is 10. The third-order valence-corrected chi connectivity index (χ3v) is 10.6. The molecule has 0 radical (unpaired) electrons. The number of hydrogen-bond acceptors (Lipinski definition) is 14. The van der Waals surface area contributed by atoms with Gasteiger partial charge in [-0.25, -0.2) is 21.2 Å². The van der Waals surface area contributed by atoms with Crippen molar-refractivity contribution in [3.8, 4) is 0 Å². The lowest BCUT2D eigenvalue weighted by atomic mass is 9.95. The van der Waals surface area contributed by atoms with Gasteiger partial charge in [0.25, 0.3) is 5.67 Å². The van der Waals surface area contributed by atoms with Crippen molar-refractivity contribution < 1.29 is 98.6 Å². The first-order valence-electron chi connectivity index (χ1n) is 18.9. The van der Waals surface area contributed by atoms with Gasteiger partial charge in [-0.15, -0.1) is 0 Å². The molecule has 0 saturated carbocycles. The molecule has 0 aromatic heterocycles. The monoisotopic (exact) mass is 996 g/mol. The summed E-state index contributed by atoms with van der Waals surface area (Å²) in [7, 11) is 10.1. The molecule has 0 N–H and O–H groups in total. The minimum atomic E-state index is -6.01. The van der Waals surface area contributed by atoms with Gasteiger partial charge in [-0.2, -0.15) is 48.1 Å². The molecule has 0 saturated heterocycles. The van der Waals surface area contributed by atoms with Crippen LogP contribution >= 0.6 is 0 Å². The maximum atomic E-state index is 13.6. The molecule has 63 heavy (non-hydrogen) atoms. The van der Waals surface area contributed by atoms with Crippen molar-refractivity contribution in [2.24, 2.45) is 0 Å². The van der Waals surface area contributed by atoms with Crippen molar-refractivity contribution in [3.05, 3.63) is 0 Å². The molecule has 0 aliphatic carbocycles. The van der Waals surface area contributed by atoms with Crippen molar-refractivity contribution in [1.82, 2.24) is 18.4 Å². The van der Waals surface area contributed by atoms with Gasteiger partial charge < -0.3 is 42.8 Å². The van der Waals surface area contributed by atoms with Crippen molar-refractivity contribution in [3.63, 3.8) is 0 Å². The molecule has 0 aliphatic heterocycles. The summed E-state index contributed by atoms with van der Waals surface area (Å²) in [6, 6.07) is -0.694. The lowest BCUT2D eigenvalue weighted by Crippen LogP contribution is -2.54. The van der Waals surface area contributed by atoms with Crippen molar-refractivity contribution >= 4 is 20.0 Å². The highest BCUT2D eigenvalue weighted by Crippen LogP contribution is 2.49. The minimum Gasteiger partial charge on any atom is -0.383 e. The quantitative estimate of drug-likeness (QED) is 0.0991. The summed E-state index contributed by atoms with van der Waals surface area (Å²) >= 11 is 0. The van der Waals surface area contributed by atoms with E-state index in [1.54, 1.807) is 19.1 Å². The first kappa shape index (κ1) is 70.7. The molecule has 388 valence electrons. The van der Waals surface area contributed by atoms with E-state index in [1.807, 2.05) is 14.1 Å². The van der Waals surface area contributed by atoms with Crippen LogP contribution in [0.1, 0.15) is 19.8 Å². The van der Waals surface area contributed by atoms with E-state index in [1.165, 1.54) is 70.7 Å². The van der Waals surface area contributed by atoms with Crippen LogP contribution in [-0.2, 0) is 57.9 Å². The standard InChI is InChI=1S/C13H22F7NO2.2C7H17NO4S.C7H17NO2.CHF3/c1-10(21(6-8-22-2)7-9-23-3)4-5-11(14,12(15,16)17)13(18,19)20;2*1-11-6-4-8(5-7-12-2)13(3,9)10;1-8(2)5-7(10-4)6-9-3;2-1(3)4/h10H,4-9H2,1-3H3;2*4-7H2,1-3H3;7H,5-6H2,1-4H3;1H. The largest absolute Gasteiger partial charge is 0.431 e. The van der Waals surface area contributed by atoms with Crippen LogP contribution in [0, 0.1) is 0 Å². The molecule has 0 amide bonds. The van der Waals surface area contributed by atoms with E-state index in [2.05, 4.69) is 4.90 Å². The Morgan fingerprint density at radius 1 is 0.524 bits per heavy atom. The van der Waals surface area contributed by atoms with E-state index >= 15 is 0 Å². The Labute approximate surface area is 368 Å². The van der Waals surface area contributed by atoms with Gasteiger partial charge in [-0.05, 0) is 27.4 Å². The highest BCUT2D eigenvalue weighted by Gasteiger charge is 2.71. The fourth-order valence-electron chi connectivity index (χ4n) is 4.45. The van der Waals surface area contributed by atoms with Gasteiger partial charge in [0.05, 0.1) is 64.9 Å². The van der Waals surface area contributed by atoms with Crippen molar-refractivity contribution in [1.29, 1.82) is 0 Å². The summed E-state index contributed by atoms with van der Waals surface area (Å²) in [6.07, 6.45) is -11.7. The lowest BCUT2D eigenvalue weighted by Gasteiger charge is -2.33. The fraction of sp³-hybridized carbons (Fsp3) is 1.00. The predicted octanol–water partition coefficient (Wildman–Crippen LogP) is 4.05. The first-order chi connectivity index (χ1) is 28.9. The van der Waals surface area contributed by atoms with Gasteiger partial charge in [-0.1, -0.05) is 0 Å². The highest BCUT2D eigenvalue weighted by atomic mass is 32.2. The smallest absolute Gasteiger partial charge is 0.383 e. The summed E-state index contributed by atoms with van der Waals surface area (Å²) in [6.45, 7) is 3.50. The second kappa shape index (κ2) is 39.8. The predicted molar refractivity (Wildman–Crippen MR) is 219 cm³/mol. The highest BCUT2D eigenvalue weighted by molar-refractivity contribution is 7.88. The van der Waals surface area contributed by atoms with Crippen LogP contribution in [0.25, 0.3) is 0 Å². The van der Waals surface area contributed by atoms with Crippen LogP contribution in [0.2, 0.25) is 0 Å². The summed E-state index contributed by atoms with van der Waals surface area (Å²) in [5.41, 5.74) is -5.21. The SMILES string of the molecule is COCC(CN(C)C)OC.COCCN(CCOC)C(C)CCC(F)(C(F)(F)F)C(F)(F)F.COCCN(CCOC)S(C)(=O)=O.COCCN(CCOC)S(C)(=O)=O.FC(F)F. The number of hydrogen-bond donors (Lipinski definition) is 0. The van der Waals surface area contributed by atoms with Gasteiger partial charge in [0, 0.05) is 115 Å². The van der Waals surface area contributed by atoms with Gasteiger partial charge in [0.15, 0.2) is 0 Å². The van der Waals surface area contributed by atoms with E-state index in [-0.39, 0.29) is 19.3 Å². The summed E-state index contributed by atoms with van der Waals surface area (Å²) in [4.78, 5) is 3.67. The van der Waals surface area contributed by atoms with E-state index in [0.29, 0.717) is 72.3 Å². The fourth-order valence-corrected chi connectivity index (χ4v) is 6.08. The first-order valence-corrected chi connectivity index (χ1v) is 22.6. The van der Waals surface area contributed by atoms with Crippen LogP contribution in [0.4, 0.5) is 43.9 Å². The molecule has 0 rings (SSSR count). The van der Waals surface area contributed by atoms with Crippen LogP contribution < -0.4 is 0 Å². The molecule has 0 heterocycles. The van der Waals surface area contributed by atoms with Crippen LogP contribution in [-0.4, -0.2) is 248 Å². The molecule has 28 heteroatoms. The number of alkyl halides is 10. The summed E-state index contributed by atoms with van der Waals surface area (Å²) in [5, 5.41) is 0. The maximum Gasteiger partial charge on any atom is 0.431 e. The molecule has 0 bridgehead atoms. The van der Waals surface area contributed by atoms with E-state index in [4.69, 9.17) is 37.9 Å². The molecule has 0 fully saturated rings. The number of methoxy groups -OCH3 is 8. The average molecular weight is 997 g/mol. The molecule has 0 aromatic carbocycles. The summed E-state index contributed by atoms with van der Waals surface area (Å²) < 4.78 is 204. The van der Waals surface area contributed by atoms with E-state index in [9.17, 15) is 60.7 Å². The molecular formula is C35H74F10N4O12S2. The Balaban J connectivity index is -0.000000242. The molecule has 0 spiro atoms. The van der Waals surface area contributed by atoms with Crippen LogP contribution in [0.5, 0.6) is 0 Å². The Morgan fingerprint density at radius 3 is 1.02 bits per heavy atom. The van der Waals surface area contributed by atoms with Gasteiger partial charge >= 0.3 is 19.0 Å².